The lowest BCUT2D eigenvalue weighted by Gasteiger charge is -2.26. The molecule has 2 aliphatic heterocycles. The van der Waals surface area contributed by atoms with E-state index >= 15 is 0 Å². The number of pyridine rings is 1. The highest BCUT2D eigenvalue weighted by Gasteiger charge is 2.33. The van der Waals surface area contributed by atoms with Gasteiger partial charge in [0.15, 0.2) is 0 Å². The third kappa shape index (κ3) is 4.38. The molecule has 0 unspecified atom stereocenters. The van der Waals surface area contributed by atoms with Gasteiger partial charge in [0, 0.05) is 43.5 Å². The van der Waals surface area contributed by atoms with Crippen molar-refractivity contribution in [2.45, 2.75) is 43.4 Å². The van der Waals surface area contributed by atoms with E-state index in [0.29, 0.717) is 43.1 Å². The Morgan fingerprint density at radius 3 is 2.93 bits per heavy atom. The van der Waals surface area contributed by atoms with Crippen molar-refractivity contribution in [3.8, 4) is 0 Å². The molecule has 0 aliphatic carbocycles. The van der Waals surface area contributed by atoms with Gasteiger partial charge in [0.2, 0.25) is 5.92 Å². The fourth-order valence-electron chi connectivity index (χ4n) is 3.86. The van der Waals surface area contributed by atoms with Gasteiger partial charge in [-0.2, -0.15) is 0 Å². The Hall–Kier alpha value is -2.19. The molecule has 154 valence electrons. The van der Waals surface area contributed by atoms with Crippen molar-refractivity contribution in [1.82, 2.24) is 4.98 Å². The maximum absolute atomic E-state index is 13.9. The third-order valence-electron chi connectivity index (χ3n) is 5.38. The number of benzene rings is 1. The van der Waals surface area contributed by atoms with Crippen LogP contribution in [0.4, 0.5) is 20.2 Å². The zero-order valence-corrected chi connectivity index (χ0v) is 17.0. The van der Waals surface area contributed by atoms with Gasteiger partial charge in [-0.25, -0.2) is 13.8 Å². The van der Waals surface area contributed by atoms with Crippen LogP contribution in [0.25, 0.3) is 0 Å². The highest BCUT2D eigenvalue weighted by molar-refractivity contribution is 7.98. The van der Waals surface area contributed by atoms with Crippen LogP contribution in [0.3, 0.4) is 0 Å². The molecule has 0 spiro atoms. The molecule has 1 amide bonds. The number of ether oxygens (including phenoxy) is 1. The summed E-state index contributed by atoms with van der Waals surface area (Å²) in [4.78, 5) is 19.4. The van der Waals surface area contributed by atoms with Gasteiger partial charge < -0.3 is 15.0 Å². The molecule has 29 heavy (non-hydrogen) atoms. The van der Waals surface area contributed by atoms with Crippen molar-refractivity contribution in [2.24, 2.45) is 0 Å². The molecular formula is C21H23F2N3O2S. The molecule has 2 aromatic rings. The Labute approximate surface area is 172 Å². The predicted molar refractivity (Wildman–Crippen MR) is 110 cm³/mol. The average molecular weight is 419 g/mol. The van der Waals surface area contributed by atoms with Crippen LogP contribution in [0.5, 0.6) is 0 Å². The van der Waals surface area contributed by atoms with Crippen LogP contribution in [0, 0.1) is 0 Å². The maximum atomic E-state index is 13.9. The zero-order valence-electron chi connectivity index (χ0n) is 16.2. The van der Waals surface area contributed by atoms with E-state index in [1.54, 1.807) is 12.3 Å². The SMILES string of the molecule is CSc1cc(NC(=O)c2c(N3CCCC(F)(F)CC3)ccc3c2COC3)ccn1. The van der Waals surface area contributed by atoms with Crippen LogP contribution in [0.1, 0.15) is 40.7 Å². The Balaban J connectivity index is 1.67. The van der Waals surface area contributed by atoms with Crippen LogP contribution in [-0.4, -0.2) is 36.2 Å². The Bertz CT molecular complexity index is 923. The molecule has 0 saturated carbocycles. The van der Waals surface area contributed by atoms with Crippen LogP contribution in [0.2, 0.25) is 0 Å². The molecule has 1 aromatic carbocycles. The number of nitrogens with one attached hydrogen (secondary N) is 1. The smallest absolute Gasteiger partial charge is 0.258 e. The largest absolute Gasteiger partial charge is 0.372 e. The second-order valence-corrected chi connectivity index (χ2v) is 8.15. The number of nitrogens with zero attached hydrogens (tertiary/aromatic N) is 2. The van der Waals surface area contributed by atoms with Gasteiger partial charge in [-0.05, 0) is 42.0 Å². The van der Waals surface area contributed by atoms with E-state index in [-0.39, 0.29) is 25.3 Å². The molecule has 0 radical (unpaired) electrons. The van der Waals surface area contributed by atoms with Crippen molar-refractivity contribution >= 4 is 29.0 Å². The number of thioether (sulfide) groups is 1. The molecule has 8 heteroatoms. The molecule has 5 nitrogen and oxygen atoms in total. The fraction of sp³-hybridized carbons (Fsp3) is 0.429. The van der Waals surface area contributed by atoms with Crippen molar-refractivity contribution in [2.75, 3.05) is 29.6 Å². The zero-order chi connectivity index (χ0) is 20.4. The molecule has 3 heterocycles. The number of hydrogen-bond acceptors (Lipinski definition) is 5. The topological polar surface area (TPSA) is 54.5 Å². The minimum absolute atomic E-state index is 0.118. The summed E-state index contributed by atoms with van der Waals surface area (Å²) in [5, 5.41) is 3.76. The monoisotopic (exact) mass is 419 g/mol. The van der Waals surface area contributed by atoms with E-state index < -0.39 is 5.92 Å². The lowest BCUT2D eigenvalue weighted by Crippen LogP contribution is -2.29. The number of carbonyl (C=O) groups excluding carboxylic acids is 1. The first-order chi connectivity index (χ1) is 14.0. The number of aromatic nitrogens is 1. The van der Waals surface area contributed by atoms with Crippen molar-refractivity contribution < 1.29 is 18.3 Å². The van der Waals surface area contributed by atoms with Crippen LogP contribution < -0.4 is 10.2 Å². The summed E-state index contributed by atoms with van der Waals surface area (Å²) >= 11 is 1.49. The van der Waals surface area contributed by atoms with E-state index in [4.69, 9.17) is 4.74 Å². The van der Waals surface area contributed by atoms with Crippen LogP contribution in [0.15, 0.2) is 35.5 Å². The van der Waals surface area contributed by atoms with Gasteiger partial charge in [-0.3, -0.25) is 4.79 Å². The number of halogens is 2. The number of carbonyl (C=O) groups is 1. The lowest BCUT2D eigenvalue weighted by molar-refractivity contribution is -0.0102. The van der Waals surface area contributed by atoms with Crippen molar-refractivity contribution in [3.63, 3.8) is 0 Å². The summed E-state index contributed by atoms with van der Waals surface area (Å²) in [6.07, 6.45) is 3.64. The van der Waals surface area contributed by atoms with Gasteiger partial charge >= 0.3 is 0 Å². The lowest BCUT2D eigenvalue weighted by atomic mass is 9.99. The van der Waals surface area contributed by atoms with Gasteiger partial charge in [-0.1, -0.05) is 6.07 Å². The minimum Gasteiger partial charge on any atom is -0.372 e. The second-order valence-electron chi connectivity index (χ2n) is 7.33. The first-order valence-electron chi connectivity index (χ1n) is 9.63. The third-order valence-corrected chi connectivity index (χ3v) is 6.02. The molecule has 0 atom stereocenters. The molecule has 1 saturated heterocycles. The minimum atomic E-state index is -2.65. The van der Waals surface area contributed by atoms with E-state index in [2.05, 4.69) is 10.3 Å². The Morgan fingerprint density at radius 2 is 2.10 bits per heavy atom. The van der Waals surface area contributed by atoms with Gasteiger partial charge in [0.05, 0.1) is 23.8 Å². The maximum Gasteiger partial charge on any atom is 0.258 e. The Kier molecular flexibility index (Phi) is 5.74. The number of fused-ring (bicyclic) bond motifs is 1. The summed E-state index contributed by atoms with van der Waals surface area (Å²) in [7, 11) is 0. The predicted octanol–water partition coefficient (Wildman–Crippen LogP) is 4.71. The summed E-state index contributed by atoms with van der Waals surface area (Å²) < 4.78 is 33.3. The quantitative estimate of drug-likeness (QED) is 0.728. The van der Waals surface area contributed by atoms with Crippen molar-refractivity contribution in [1.29, 1.82) is 0 Å². The molecule has 0 bridgehead atoms. The van der Waals surface area contributed by atoms with Gasteiger partial charge in [0.25, 0.3) is 5.91 Å². The number of amides is 1. The molecule has 4 rings (SSSR count). The van der Waals surface area contributed by atoms with E-state index in [9.17, 15) is 13.6 Å². The Morgan fingerprint density at radius 1 is 1.24 bits per heavy atom. The van der Waals surface area contributed by atoms with Crippen molar-refractivity contribution in [3.05, 3.63) is 47.2 Å². The number of hydrogen-bond donors (Lipinski definition) is 1. The number of rotatable bonds is 4. The standard InChI is InChI=1S/C21H23F2N3O2S/c1-29-18-11-15(5-8-24-18)25-20(27)19-16-13-28-12-14(16)3-4-17(19)26-9-2-6-21(22,23)7-10-26/h3-5,8,11H,2,6-7,9-10,12-13H2,1H3,(H,24,25,27). The molecule has 1 aromatic heterocycles. The van der Waals surface area contributed by atoms with Gasteiger partial charge in [-0.15, -0.1) is 11.8 Å². The van der Waals surface area contributed by atoms with E-state index in [1.807, 2.05) is 29.4 Å². The molecule has 1 fully saturated rings. The molecular weight excluding hydrogens is 396 g/mol. The summed E-state index contributed by atoms with van der Waals surface area (Å²) in [6, 6.07) is 7.36. The number of alkyl halides is 2. The fourth-order valence-corrected chi connectivity index (χ4v) is 4.27. The van der Waals surface area contributed by atoms with Gasteiger partial charge in [0.1, 0.15) is 0 Å². The first kappa shape index (κ1) is 20.1. The second kappa shape index (κ2) is 8.28. The summed E-state index contributed by atoms with van der Waals surface area (Å²) in [5.41, 5.74) is 3.68. The number of anilines is 2. The normalized spacial score (nSPS) is 18.2. The highest BCUT2D eigenvalue weighted by atomic mass is 32.2. The van der Waals surface area contributed by atoms with E-state index in [0.717, 1.165) is 16.2 Å². The van der Waals surface area contributed by atoms with Crippen LogP contribution >= 0.6 is 11.8 Å². The first-order valence-corrected chi connectivity index (χ1v) is 10.9. The molecule has 2 aliphatic rings. The summed E-state index contributed by atoms with van der Waals surface area (Å²) in [5.74, 6) is -2.90. The average Bonchev–Trinajstić information content (AvgIpc) is 3.11. The highest BCUT2D eigenvalue weighted by Crippen LogP contribution is 2.35. The van der Waals surface area contributed by atoms with E-state index in [1.165, 1.54) is 11.8 Å². The molecule has 1 N–H and O–H groups in total. The van der Waals surface area contributed by atoms with Crippen LogP contribution in [-0.2, 0) is 18.0 Å². The summed E-state index contributed by atoms with van der Waals surface area (Å²) in [6.45, 7) is 1.53.